The fourth-order valence-electron chi connectivity index (χ4n) is 5.70. The molecule has 240 valence electrons. The van der Waals surface area contributed by atoms with Crippen molar-refractivity contribution in [3.63, 3.8) is 0 Å². The first-order valence-electron chi connectivity index (χ1n) is 15.6. The van der Waals surface area contributed by atoms with Gasteiger partial charge in [0.15, 0.2) is 6.61 Å². The third-order valence-electron chi connectivity index (χ3n) is 8.09. The summed E-state index contributed by atoms with van der Waals surface area (Å²) in [6.07, 6.45) is 3.19. The van der Waals surface area contributed by atoms with Crippen molar-refractivity contribution in [3.05, 3.63) is 54.1 Å². The van der Waals surface area contributed by atoms with Crippen molar-refractivity contribution in [2.75, 3.05) is 57.9 Å². The summed E-state index contributed by atoms with van der Waals surface area (Å²) in [7, 11) is 1.64. The van der Waals surface area contributed by atoms with Gasteiger partial charge < -0.3 is 28.7 Å². The summed E-state index contributed by atoms with van der Waals surface area (Å²) in [5.74, 6) is 1.46. The molecule has 2 aliphatic rings. The molecule has 44 heavy (non-hydrogen) atoms. The Labute approximate surface area is 261 Å². The fraction of sp³-hybridized carbons (Fsp3) is 0.559. The van der Waals surface area contributed by atoms with Crippen LogP contribution in [0, 0.1) is 5.92 Å². The fourth-order valence-corrected chi connectivity index (χ4v) is 5.70. The van der Waals surface area contributed by atoms with Gasteiger partial charge in [-0.25, -0.2) is 9.59 Å². The number of hydrogen-bond donors (Lipinski definition) is 0. The van der Waals surface area contributed by atoms with Crippen LogP contribution in [0.25, 0.3) is 0 Å². The average Bonchev–Trinajstić information content (AvgIpc) is 3.00. The monoisotopic (exact) mass is 609 g/mol. The summed E-state index contributed by atoms with van der Waals surface area (Å²) < 4.78 is 21.3. The molecule has 0 aliphatic carbocycles. The predicted octanol–water partition coefficient (Wildman–Crippen LogP) is 4.93. The number of amides is 2. The number of carbonyl (C=O) groups is 3. The van der Waals surface area contributed by atoms with Gasteiger partial charge in [0.1, 0.15) is 17.1 Å². The van der Waals surface area contributed by atoms with Gasteiger partial charge in [-0.05, 0) is 108 Å². The van der Waals surface area contributed by atoms with Crippen molar-refractivity contribution in [2.45, 2.75) is 65.0 Å². The van der Waals surface area contributed by atoms with Crippen molar-refractivity contribution in [2.24, 2.45) is 5.92 Å². The molecular weight excluding hydrogens is 562 g/mol. The van der Waals surface area contributed by atoms with Crippen molar-refractivity contribution in [3.8, 4) is 11.5 Å². The number of anilines is 1. The largest absolute Gasteiger partial charge is 0.497 e. The second-order valence-corrected chi connectivity index (χ2v) is 12.4. The van der Waals surface area contributed by atoms with Gasteiger partial charge in [0, 0.05) is 31.9 Å². The summed E-state index contributed by atoms with van der Waals surface area (Å²) in [6.45, 7) is 11.1. The van der Waals surface area contributed by atoms with Crippen LogP contribution >= 0.6 is 0 Å². The van der Waals surface area contributed by atoms with Crippen LogP contribution in [-0.2, 0) is 25.5 Å². The number of methoxy groups -OCH3 is 1. The van der Waals surface area contributed by atoms with E-state index in [9.17, 15) is 14.4 Å². The standard InChI is InChI=1S/C34H47N3O7/c1-6-42-31(38)24-43-29-13-9-27(10-14-29)37-22-21-35(30(32(37)39)23-26-7-11-28(41-5)12-8-26)18-15-25-16-19-36(20-17-25)33(40)44-34(2,3)4/h7-14,25,30H,6,15-24H2,1-5H3. The van der Waals surface area contributed by atoms with Crippen molar-refractivity contribution < 1.29 is 33.3 Å². The normalized spacial score (nSPS) is 18.2. The predicted molar refractivity (Wildman–Crippen MR) is 168 cm³/mol. The zero-order valence-corrected chi connectivity index (χ0v) is 26.8. The lowest BCUT2D eigenvalue weighted by molar-refractivity contribution is -0.145. The number of benzene rings is 2. The molecule has 1 atom stereocenters. The summed E-state index contributed by atoms with van der Waals surface area (Å²) >= 11 is 0. The Kier molecular flexibility index (Phi) is 11.5. The molecule has 0 radical (unpaired) electrons. The van der Waals surface area contributed by atoms with E-state index in [0.717, 1.165) is 49.4 Å². The Morgan fingerprint density at radius 3 is 2.18 bits per heavy atom. The molecule has 0 N–H and O–H groups in total. The number of esters is 1. The minimum absolute atomic E-state index is 0.0620. The highest BCUT2D eigenvalue weighted by molar-refractivity contribution is 5.98. The van der Waals surface area contributed by atoms with Crippen LogP contribution in [0.15, 0.2) is 48.5 Å². The number of carbonyl (C=O) groups excluding carboxylic acids is 3. The van der Waals surface area contributed by atoms with E-state index in [2.05, 4.69) is 4.90 Å². The van der Waals surface area contributed by atoms with Gasteiger partial charge in [-0.2, -0.15) is 0 Å². The molecule has 0 saturated carbocycles. The Morgan fingerprint density at radius 1 is 0.909 bits per heavy atom. The SMILES string of the molecule is CCOC(=O)COc1ccc(N2CCN(CCC3CCN(C(=O)OC(C)(C)C)CC3)C(Cc3ccc(OC)cc3)C2=O)cc1. The first-order valence-corrected chi connectivity index (χ1v) is 15.6. The molecule has 2 aromatic rings. The number of piperazine rings is 1. The van der Waals surface area contributed by atoms with Crippen molar-refractivity contribution >= 4 is 23.7 Å². The minimum Gasteiger partial charge on any atom is -0.497 e. The van der Waals surface area contributed by atoms with Gasteiger partial charge in [-0.3, -0.25) is 9.69 Å². The molecule has 2 aromatic carbocycles. The maximum atomic E-state index is 14.0. The van der Waals surface area contributed by atoms with E-state index in [1.807, 2.05) is 67.0 Å². The molecule has 2 amide bonds. The molecular formula is C34H47N3O7. The number of piperidine rings is 1. The van der Waals surface area contributed by atoms with Crippen LogP contribution in [0.5, 0.6) is 11.5 Å². The topological polar surface area (TPSA) is 97.9 Å². The highest BCUT2D eigenvalue weighted by Gasteiger charge is 2.36. The lowest BCUT2D eigenvalue weighted by Gasteiger charge is -2.42. The number of likely N-dealkylation sites (tertiary alicyclic amines) is 1. The molecule has 2 heterocycles. The lowest BCUT2D eigenvalue weighted by Crippen LogP contribution is -2.58. The Morgan fingerprint density at radius 2 is 1.57 bits per heavy atom. The van der Waals surface area contributed by atoms with E-state index in [0.29, 0.717) is 44.3 Å². The molecule has 2 saturated heterocycles. The Bertz CT molecular complexity index is 1240. The van der Waals surface area contributed by atoms with E-state index < -0.39 is 11.6 Å². The van der Waals surface area contributed by atoms with Gasteiger partial charge in [-0.1, -0.05) is 12.1 Å². The van der Waals surface area contributed by atoms with Gasteiger partial charge >= 0.3 is 12.1 Å². The first kappa shape index (κ1) is 33.1. The summed E-state index contributed by atoms with van der Waals surface area (Å²) in [4.78, 5) is 44.1. The summed E-state index contributed by atoms with van der Waals surface area (Å²) in [5, 5.41) is 0. The smallest absolute Gasteiger partial charge is 0.410 e. The Balaban J connectivity index is 1.39. The van der Waals surface area contributed by atoms with E-state index in [1.54, 1.807) is 26.2 Å². The summed E-state index contributed by atoms with van der Waals surface area (Å²) in [5.41, 5.74) is 1.37. The molecule has 2 aliphatic heterocycles. The maximum absolute atomic E-state index is 14.0. The van der Waals surface area contributed by atoms with Crippen LogP contribution in [0.3, 0.4) is 0 Å². The maximum Gasteiger partial charge on any atom is 0.410 e. The summed E-state index contributed by atoms with van der Waals surface area (Å²) in [6, 6.07) is 14.9. The molecule has 10 heteroatoms. The number of hydrogen-bond acceptors (Lipinski definition) is 8. The molecule has 0 aromatic heterocycles. The van der Waals surface area contributed by atoms with Gasteiger partial charge in [0.2, 0.25) is 5.91 Å². The zero-order valence-electron chi connectivity index (χ0n) is 26.8. The molecule has 10 nitrogen and oxygen atoms in total. The van der Waals surface area contributed by atoms with Crippen molar-refractivity contribution in [1.29, 1.82) is 0 Å². The van der Waals surface area contributed by atoms with Gasteiger partial charge in [0.25, 0.3) is 0 Å². The van der Waals surface area contributed by atoms with Crippen LogP contribution < -0.4 is 14.4 Å². The number of nitrogens with zero attached hydrogens (tertiary/aromatic N) is 3. The van der Waals surface area contributed by atoms with E-state index in [1.165, 1.54) is 0 Å². The van der Waals surface area contributed by atoms with Crippen LogP contribution in [-0.4, -0.2) is 92.5 Å². The van der Waals surface area contributed by atoms with Crippen LogP contribution in [0.2, 0.25) is 0 Å². The number of rotatable bonds is 11. The van der Waals surface area contributed by atoms with E-state index in [-0.39, 0.29) is 24.6 Å². The van der Waals surface area contributed by atoms with Crippen LogP contribution in [0.4, 0.5) is 10.5 Å². The highest BCUT2D eigenvalue weighted by atomic mass is 16.6. The minimum atomic E-state index is -0.499. The molecule has 0 bridgehead atoms. The zero-order chi connectivity index (χ0) is 31.7. The Hall–Kier alpha value is -3.79. The van der Waals surface area contributed by atoms with Gasteiger partial charge in [-0.15, -0.1) is 0 Å². The molecule has 1 unspecified atom stereocenters. The first-order chi connectivity index (χ1) is 21.1. The highest BCUT2D eigenvalue weighted by Crippen LogP contribution is 2.28. The molecule has 4 rings (SSSR count). The third kappa shape index (κ3) is 9.35. The van der Waals surface area contributed by atoms with Crippen LogP contribution in [0.1, 0.15) is 52.5 Å². The number of ether oxygens (including phenoxy) is 4. The van der Waals surface area contributed by atoms with E-state index in [4.69, 9.17) is 18.9 Å². The van der Waals surface area contributed by atoms with Gasteiger partial charge in [0.05, 0.1) is 19.8 Å². The van der Waals surface area contributed by atoms with E-state index >= 15 is 0 Å². The third-order valence-corrected chi connectivity index (χ3v) is 8.09. The second kappa shape index (κ2) is 15.3. The molecule has 2 fully saturated rings. The second-order valence-electron chi connectivity index (χ2n) is 12.4. The quantitative estimate of drug-likeness (QED) is 0.331. The van der Waals surface area contributed by atoms with Crippen molar-refractivity contribution in [1.82, 2.24) is 9.80 Å². The molecule has 0 spiro atoms. The average molecular weight is 610 g/mol. The lowest BCUT2D eigenvalue weighted by atomic mass is 9.92.